The monoisotopic (exact) mass is 395 g/mol. The third kappa shape index (κ3) is 6.47. The molecule has 1 aromatic carbocycles. The van der Waals surface area contributed by atoms with Crippen molar-refractivity contribution in [1.29, 1.82) is 0 Å². The molecule has 2 aromatic rings. The Morgan fingerprint density at radius 1 is 1.29 bits per heavy atom. The number of ether oxygens (including phenoxy) is 1. The van der Waals surface area contributed by atoms with E-state index in [1.54, 1.807) is 12.1 Å². The van der Waals surface area contributed by atoms with Gasteiger partial charge in [-0.3, -0.25) is 0 Å². The highest BCUT2D eigenvalue weighted by Crippen LogP contribution is 2.23. The second-order valence-electron chi connectivity index (χ2n) is 7.30. The van der Waals surface area contributed by atoms with Crippen LogP contribution in [0.4, 0.5) is 8.78 Å². The minimum Gasteiger partial charge on any atom is -0.434 e. The number of rotatable bonds is 7. The normalized spacial score (nSPS) is 12.4. The summed E-state index contributed by atoms with van der Waals surface area (Å²) in [5.41, 5.74) is 1.29. The fourth-order valence-corrected chi connectivity index (χ4v) is 2.34. The van der Waals surface area contributed by atoms with Gasteiger partial charge in [-0.05, 0) is 19.9 Å². The summed E-state index contributed by atoms with van der Waals surface area (Å²) in [6.07, 6.45) is 0. The van der Waals surface area contributed by atoms with Gasteiger partial charge in [-0.2, -0.15) is 13.8 Å². The Balaban J connectivity index is 2.08. The molecule has 0 radical (unpaired) electrons. The zero-order chi connectivity index (χ0) is 20.7. The van der Waals surface area contributed by atoms with Crippen LogP contribution < -0.4 is 15.4 Å². The molecule has 0 aliphatic heterocycles. The largest absolute Gasteiger partial charge is 0.434 e. The summed E-state index contributed by atoms with van der Waals surface area (Å²) in [6, 6.07) is 5.02. The first-order valence-corrected chi connectivity index (χ1v) is 9.08. The van der Waals surface area contributed by atoms with E-state index in [0.717, 1.165) is 5.56 Å². The topological polar surface area (TPSA) is 84.6 Å². The zero-order valence-electron chi connectivity index (χ0n) is 16.8. The molecule has 9 heteroatoms. The average Bonchev–Trinajstić information content (AvgIpc) is 3.08. The maximum atomic E-state index is 12.6. The van der Waals surface area contributed by atoms with Gasteiger partial charge in [0.15, 0.2) is 11.8 Å². The van der Waals surface area contributed by atoms with E-state index in [1.807, 2.05) is 34.6 Å². The van der Waals surface area contributed by atoms with Gasteiger partial charge in [0.05, 0.1) is 13.1 Å². The summed E-state index contributed by atoms with van der Waals surface area (Å²) in [5.74, 6) is 1.69. The van der Waals surface area contributed by atoms with Crippen LogP contribution in [-0.2, 0) is 18.5 Å². The maximum Gasteiger partial charge on any atom is 0.387 e. The van der Waals surface area contributed by atoms with Crippen molar-refractivity contribution < 1.29 is 18.0 Å². The molecule has 1 heterocycles. The minimum absolute atomic E-state index is 0.119. The van der Waals surface area contributed by atoms with Gasteiger partial charge in [-0.25, -0.2) is 4.99 Å². The van der Waals surface area contributed by atoms with Gasteiger partial charge in [0, 0.05) is 17.5 Å². The van der Waals surface area contributed by atoms with Gasteiger partial charge in [-0.15, -0.1) is 0 Å². The predicted octanol–water partition coefficient (Wildman–Crippen LogP) is 3.53. The van der Waals surface area contributed by atoms with Crippen molar-refractivity contribution in [3.63, 3.8) is 0 Å². The van der Waals surface area contributed by atoms with Crippen molar-refractivity contribution in [3.8, 4) is 5.75 Å². The van der Waals surface area contributed by atoms with Crippen molar-refractivity contribution in [2.75, 3.05) is 6.54 Å². The number of aromatic nitrogens is 2. The number of nitrogens with one attached hydrogen (secondary N) is 2. The van der Waals surface area contributed by atoms with E-state index in [1.165, 1.54) is 6.07 Å². The van der Waals surface area contributed by atoms with E-state index in [4.69, 9.17) is 4.52 Å². The van der Waals surface area contributed by atoms with Crippen molar-refractivity contribution in [3.05, 3.63) is 41.0 Å². The molecule has 0 bridgehead atoms. The Labute approximate surface area is 163 Å². The Morgan fingerprint density at radius 2 is 2.04 bits per heavy atom. The number of hydrogen-bond donors (Lipinski definition) is 2. The number of nitrogens with zero attached hydrogens (tertiary/aromatic N) is 3. The lowest BCUT2D eigenvalue weighted by atomic mass is 9.97. The first kappa shape index (κ1) is 21.6. The van der Waals surface area contributed by atoms with E-state index >= 15 is 0 Å². The number of aryl methyl sites for hydroxylation is 1. The second kappa shape index (κ2) is 9.48. The number of halogens is 2. The van der Waals surface area contributed by atoms with Crippen LogP contribution in [0, 0.1) is 6.92 Å². The van der Waals surface area contributed by atoms with Gasteiger partial charge in [0.2, 0.25) is 5.89 Å². The highest BCUT2D eigenvalue weighted by atomic mass is 19.3. The van der Waals surface area contributed by atoms with Crippen molar-refractivity contribution in [1.82, 2.24) is 20.8 Å². The van der Waals surface area contributed by atoms with E-state index in [-0.39, 0.29) is 17.7 Å². The summed E-state index contributed by atoms with van der Waals surface area (Å²) in [5, 5.41) is 10.2. The quantitative estimate of drug-likeness (QED) is 0.551. The molecule has 0 aliphatic rings. The van der Waals surface area contributed by atoms with E-state index in [2.05, 4.69) is 30.5 Å². The van der Waals surface area contributed by atoms with Crippen LogP contribution >= 0.6 is 0 Å². The van der Waals surface area contributed by atoms with Crippen LogP contribution in [0.5, 0.6) is 5.75 Å². The molecule has 154 valence electrons. The van der Waals surface area contributed by atoms with E-state index < -0.39 is 6.61 Å². The number of hydrogen-bond acceptors (Lipinski definition) is 5. The highest BCUT2D eigenvalue weighted by Gasteiger charge is 2.21. The number of alkyl halides is 2. The zero-order valence-corrected chi connectivity index (χ0v) is 16.8. The Kier molecular flexibility index (Phi) is 7.31. The molecule has 2 N–H and O–H groups in total. The van der Waals surface area contributed by atoms with Crippen LogP contribution in [0.1, 0.15) is 50.5 Å². The number of guanidine groups is 1. The molecule has 0 saturated heterocycles. The lowest BCUT2D eigenvalue weighted by Crippen LogP contribution is -2.37. The van der Waals surface area contributed by atoms with Gasteiger partial charge in [0.1, 0.15) is 5.75 Å². The molecule has 7 nitrogen and oxygen atoms in total. The summed E-state index contributed by atoms with van der Waals surface area (Å²) >= 11 is 0. The van der Waals surface area contributed by atoms with Crippen molar-refractivity contribution >= 4 is 5.96 Å². The standard InChI is InChI=1S/C19H27F2N5O2/c1-6-22-18(24-11-15-25-16(28-26-15)19(3,4)5)23-10-13-9-12(2)7-8-14(13)27-17(20)21/h7-9,17H,6,10-11H2,1-5H3,(H2,22,23,24). The number of benzene rings is 1. The van der Waals surface area contributed by atoms with Crippen LogP contribution in [-0.4, -0.2) is 29.3 Å². The molecular weight excluding hydrogens is 368 g/mol. The fourth-order valence-electron chi connectivity index (χ4n) is 2.34. The molecule has 0 atom stereocenters. The lowest BCUT2D eigenvalue weighted by Gasteiger charge is -2.12. The fraction of sp³-hybridized carbons (Fsp3) is 0.526. The first-order chi connectivity index (χ1) is 13.2. The van der Waals surface area contributed by atoms with Gasteiger partial charge in [0.25, 0.3) is 0 Å². The molecule has 0 fully saturated rings. The lowest BCUT2D eigenvalue weighted by molar-refractivity contribution is -0.0504. The molecule has 28 heavy (non-hydrogen) atoms. The third-order valence-electron chi connectivity index (χ3n) is 3.71. The minimum atomic E-state index is -2.88. The smallest absolute Gasteiger partial charge is 0.387 e. The highest BCUT2D eigenvalue weighted by molar-refractivity contribution is 5.79. The molecule has 0 aliphatic carbocycles. The summed E-state index contributed by atoms with van der Waals surface area (Å²) in [6.45, 7) is 8.04. The van der Waals surface area contributed by atoms with Crippen LogP contribution in [0.25, 0.3) is 0 Å². The summed E-state index contributed by atoms with van der Waals surface area (Å²) in [7, 11) is 0. The second-order valence-corrected chi connectivity index (χ2v) is 7.30. The van der Waals surface area contributed by atoms with E-state index in [9.17, 15) is 8.78 Å². The number of aliphatic imine (C=N–C) groups is 1. The van der Waals surface area contributed by atoms with Gasteiger partial charge >= 0.3 is 6.61 Å². The van der Waals surface area contributed by atoms with Gasteiger partial charge in [-0.1, -0.05) is 43.6 Å². The Bertz CT molecular complexity index is 800. The summed E-state index contributed by atoms with van der Waals surface area (Å²) in [4.78, 5) is 8.81. The molecular formula is C19H27F2N5O2. The third-order valence-corrected chi connectivity index (χ3v) is 3.71. The van der Waals surface area contributed by atoms with Crippen LogP contribution in [0.3, 0.4) is 0 Å². The van der Waals surface area contributed by atoms with Crippen molar-refractivity contribution in [2.45, 2.75) is 59.7 Å². The molecule has 2 rings (SSSR count). The Hall–Kier alpha value is -2.71. The first-order valence-electron chi connectivity index (χ1n) is 9.08. The molecule has 0 amide bonds. The molecule has 1 aromatic heterocycles. The SMILES string of the molecule is CCNC(=NCc1cc(C)ccc1OC(F)F)NCc1noc(C(C)(C)C)n1. The van der Waals surface area contributed by atoms with Crippen LogP contribution in [0.2, 0.25) is 0 Å². The van der Waals surface area contributed by atoms with E-state index in [0.29, 0.717) is 36.3 Å². The predicted molar refractivity (Wildman–Crippen MR) is 102 cm³/mol. The summed E-state index contributed by atoms with van der Waals surface area (Å²) < 4.78 is 35.1. The van der Waals surface area contributed by atoms with Crippen LogP contribution in [0.15, 0.2) is 27.7 Å². The van der Waals surface area contributed by atoms with Gasteiger partial charge < -0.3 is 19.9 Å². The molecule has 0 saturated carbocycles. The average molecular weight is 395 g/mol. The molecule has 0 unspecified atom stereocenters. The maximum absolute atomic E-state index is 12.6. The van der Waals surface area contributed by atoms with Crippen molar-refractivity contribution in [2.24, 2.45) is 4.99 Å². The Morgan fingerprint density at radius 3 is 2.64 bits per heavy atom. The molecule has 0 spiro atoms.